The first-order chi connectivity index (χ1) is 13.7. The minimum absolute atomic E-state index is 0.0406. The lowest BCUT2D eigenvalue weighted by Crippen LogP contribution is -2.57. The van der Waals surface area contributed by atoms with Crippen LogP contribution in [-0.4, -0.2) is 87.8 Å². The molecule has 162 valence electrons. The van der Waals surface area contributed by atoms with Crippen LogP contribution in [-0.2, 0) is 24.0 Å². The Balaban J connectivity index is 2.02. The standard InChI is InChI=1S/C17H26N4O7S/c22-13(23)7-10(17(27)28)19-15(25)12-4-2-6-21(12)16(26)11(8-29)20-14(24)9-3-1-5-18-9/h9-12,18,29H,1-8H2,(H,19,25)(H,20,24)(H,22,23)(H,27,28). The van der Waals surface area contributed by atoms with E-state index in [9.17, 15) is 24.0 Å². The lowest BCUT2D eigenvalue weighted by molar-refractivity contribution is -0.148. The van der Waals surface area contributed by atoms with Crippen molar-refractivity contribution in [3.63, 3.8) is 0 Å². The van der Waals surface area contributed by atoms with E-state index in [2.05, 4.69) is 28.6 Å². The number of carbonyl (C=O) groups is 5. The van der Waals surface area contributed by atoms with E-state index in [0.29, 0.717) is 19.3 Å². The van der Waals surface area contributed by atoms with E-state index in [0.717, 1.165) is 13.0 Å². The van der Waals surface area contributed by atoms with Crippen LogP contribution in [0.15, 0.2) is 0 Å². The highest BCUT2D eigenvalue weighted by molar-refractivity contribution is 7.80. The van der Waals surface area contributed by atoms with E-state index >= 15 is 0 Å². The van der Waals surface area contributed by atoms with E-state index < -0.39 is 48.3 Å². The number of nitrogens with one attached hydrogen (secondary N) is 3. The molecule has 5 N–H and O–H groups in total. The van der Waals surface area contributed by atoms with Gasteiger partial charge in [-0.3, -0.25) is 19.2 Å². The molecule has 2 aliphatic rings. The lowest BCUT2D eigenvalue weighted by atomic mass is 10.1. The van der Waals surface area contributed by atoms with Crippen LogP contribution in [0.4, 0.5) is 0 Å². The molecule has 4 unspecified atom stereocenters. The third-order valence-electron chi connectivity index (χ3n) is 5.01. The second kappa shape index (κ2) is 10.4. The Bertz CT molecular complexity index is 668. The fourth-order valence-electron chi connectivity index (χ4n) is 3.51. The molecule has 11 nitrogen and oxygen atoms in total. The zero-order chi connectivity index (χ0) is 21.6. The van der Waals surface area contributed by atoms with Gasteiger partial charge in [-0.25, -0.2) is 4.79 Å². The van der Waals surface area contributed by atoms with Gasteiger partial charge in [-0.2, -0.15) is 12.6 Å². The van der Waals surface area contributed by atoms with E-state index in [4.69, 9.17) is 10.2 Å². The maximum atomic E-state index is 12.9. The lowest BCUT2D eigenvalue weighted by Gasteiger charge is -2.29. The van der Waals surface area contributed by atoms with Crippen LogP contribution in [0.1, 0.15) is 32.1 Å². The molecule has 0 aromatic heterocycles. The predicted octanol–water partition coefficient (Wildman–Crippen LogP) is -1.81. The van der Waals surface area contributed by atoms with Crippen molar-refractivity contribution in [2.75, 3.05) is 18.8 Å². The Labute approximate surface area is 173 Å². The topological polar surface area (TPSA) is 165 Å². The minimum Gasteiger partial charge on any atom is -0.481 e. The predicted molar refractivity (Wildman–Crippen MR) is 103 cm³/mol. The maximum Gasteiger partial charge on any atom is 0.326 e. The highest BCUT2D eigenvalue weighted by Crippen LogP contribution is 2.19. The fraction of sp³-hybridized carbons (Fsp3) is 0.706. The molecule has 0 aliphatic carbocycles. The summed E-state index contributed by atoms with van der Waals surface area (Å²) in [5.74, 6) is -4.31. The number of hydrogen-bond acceptors (Lipinski definition) is 7. The summed E-state index contributed by atoms with van der Waals surface area (Å²) in [6.45, 7) is 1.00. The average Bonchev–Trinajstić information content (AvgIpc) is 3.36. The summed E-state index contributed by atoms with van der Waals surface area (Å²) in [5, 5.41) is 25.8. The van der Waals surface area contributed by atoms with Gasteiger partial charge in [0, 0.05) is 12.3 Å². The van der Waals surface area contributed by atoms with Crippen molar-refractivity contribution in [3.8, 4) is 0 Å². The Hall–Kier alpha value is -2.34. The summed E-state index contributed by atoms with van der Waals surface area (Å²) >= 11 is 4.14. The molecule has 0 aromatic rings. The first kappa shape index (κ1) is 22.9. The molecule has 0 bridgehead atoms. The Kier molecular flexibility index (Phi) is 8.26. The molecule has 2 rings (SSSR count). The number of nitrogens with zero attached hydrogens (tertiary/aromatic N) is 1. The van der Waals surface area contributed by atoms with E-state index in [1.54, 1.807) is 0 Å². The van der Waals surface area contributed by atoms with Crippen LogP contribution >= 0.6 is 12.6 Å². The first-order valence-electron chi connectivity index (χ1n) is 9.44. The summed E-state index contributed by atoms with van der Waals surface area (Å²) in [4.78, 5) is 61.0. The van der Waals surface area contributed by atoms with Gasteiger partial charge in [0.25, 0.3) is 0 Å². The molecule has 0 aromatic carbocycles. The van der Waals surface area contributed by atoms with Crippen LogP contribution in [0.25, 0.3) is 0 Å². The second-order valence-electron chi connectivity index (χ2n) is 7.08. The fourth-order valence-corrected chi connectivity index (χ4v) is 3.76. The molecule has 4 atom stereocenters. The monoisotopic (exact) mass is 430 g/mol. The summed E-state index contributed by atoms with van der Waals surface area (Å²) in [6.07, 6.45) is 1.61. The zero-order valence-corrected chi connectivity index (χ0v) is 16.7. The third kappa shape index (κ3) is 6.07. The molecular formula is C17H26N4O7S. The van der Waals surface area contributed by atoms with Gasteiger partial charge in [-0.15, -0.1) is 0 Å². The largest absolute Gasteiger partial charge is 0.481 e. The number of hydrogen-bond donors (Lipinski definition) is 6. The highest BCUT2D eigenvalue weighted by atomic mass is 32.1. The normalized spacial score (nSPS) is 23.3. The van der Waals surface area contributed by atoms with Crippen molar-refractivity contribution in [2.45, 2.75) is 56.3 Å². The van der Waals surface area contributed by atoms with Gasteiger partial charge < -0.3 is 31.1 Å². The molecule has 3 amide bonds. The van der Waals surface area contributed by atoms with E-state index in [1.807, 2.05) is 0 Å². The third-order valence-corrected chi connectivity index (χ3v) is 5.37. The molecule has 0 spiro atoms. The van der Waals surface area contributed by atoms with Gasteiger partial charge in [0.2, 0.25) is 17.7 Å². The van der Waals surface area contributed by atoms with Crippen molar-refractivity contribution in [1.29, 1.82) is 0 Å². The molecule has 2 heterocycles. The minimum atomic E-state index is -1.59. The molecule has 12 heteroatoms. The van der Waals surface area contributed by atoms with Crippen molar-refractivity contribution >= 4 is 42.3 Å². The Morgan fingerprint density at radius 1 is 1.03 bits per heavy atom. The number of carboxylic acids is 2. The summed E-state index contributed by atoms with van der Waals surface area (Å²) < 4.78 is 0. The van der Waals surface area contributed by atoms with Gasteiger partial charge in [0.05, 0.1) is 12.5 Å². The van der Waals surface area contributed by atoms with Crippen molar-refractivity contribution < 1.29 is 34.2 Å². The van der Waals surface area contributed by atoms with Gasteiger partial charge in [0.1, 0.15) is 18.1 Å². The molecular weight excluding hydrogens is 404 g/mol. The zero-order valence-electron chi connectivity index (χ0n) is 15.8. The quantitative estimate of drug-likeness (QED) is 0.233. The van der Waals surface area contributed by atoms with Gasteiger partial charge >= 0.3 is 11.9 Å². The Morgan fingerprint density at radius 2 is 1.72 bits per heavy atom. The summed E-state index contributed by atoms with van der Waals surface area (Å²) in [5.41, 5.74) is 0. The number of carboxylic acid groups (broad SMARTS) is 2. The number of likely N-dealkylation sites (tertiary alicyclic amines) is 1. The number of aliphatic carboxylic acids is 2. The number of carbonyl (C=O) groups excluding carboxylic acids is 3. The second-order valence-corrected chi connectivity index (χ2v) is 7.44. The number of rotatable bonds is 9. The van der Waals surface area contributed by atoms with Crippen molar-refractivity contribution in [1.82, 2.24) is 20.9 Å². The molecule has 2 fully saturated rings. The van der Waals surface area contributed by atoms with Crippen molar-refractivity contribution in [3.05, 3.63) is 0 Å². The van der Waals surface area contributed by atoms with Crippen LogP contribution < -0.4 is 16.0 Å². The SMILES string of the molecule is O=C(O)CC(NC(=O)C1CCCN1C(=O)C(CS)NC(=O)C1CCCN1)C(=O)O. The van der Waals surface area contributed by atoms with Crippen LogP contribution in [0.5, 0.6) is 0 Å². The molecule has 2 aliphatic heterocycles. The van der Waals surface area contributed by atoms with Crippen LogP contribution in [0.3, 0.4) is 0 Å². The average molecular weight is 430 g/mol. The number of amides is 3. The van der Waals surface area contributed by atoms with Gasteiger partial charge in [-0.05, 0) is 32.2 Å². The van der Waals surface area contributed by atoms with E-state index in [-0.39, 0.29) is 24.2 Å². The van der Waals surface area contributed by atoms with Crippen LogP contribution in [0, 0.1) is 0 Å². The Morgan fingerprint density at radius 3 is 2.28 bits per heavy atom. The van der Waals surface area contributed by atoms with Crippen LogP contribution in [0.2, 0.25) is 0 Å². The van der Waals surface area contributed by atoms with Gasteiger partial charge in [0.15, 0.2) is 0 Å². The molecule has 29 heavy (non-hydrogen) atoms. The van der Waals surface area contributed by atoms with Crippen molar-refractivity contribution in [2.24, 2.45) is 0 Å². The first-order valence-corrected chi connectivity index (χ1v) is 10.1. The number of thiol groups is 1. The van der Waals surface area contributed by atoms with E-state index in [1.165, 1.54) is 4.90 Å². The highest BCUT2D eigenvalue weighted by Gasteiger charge is 2.39. The summed E-state index contributed by atoms with van der Waals surface area (Å²) in [6, 6.07) is -3.81. The smallest absolute Gasteiger partial charge is 0.326 e. The molecule has 0 radical (unpaired) electrons. The summed E-state index contributed by atoms with van der Waals surface area (Å²) in [7, 11) is 0. The van der Waals surface area contributed by atoms with Gasteiger partial charge in [-0.1, -0.05) is 0 Å². The molecule has 2 saturated heterocycles. The maximum absolute atomic E-state index is 12.9. The molecule has 0 saturated carbocycles.